The summed E-state index contributed by atoms with van der Waals surface area (Å²) in [5.74, 6) is -8.65. The molecule has 0 bridgehead atoms. The third-order valence-electron chi connectivity index (χ3n) is 9.44. The maximum Gasteiger partial charge on any atom is 0.328 e. The van der Waals surface area contributed by atoms with Crippen LogP contribution in [0.15, 0.2) is 12.4 Å². The summed E-state index contributed by atoms with van der Waals surface area (Å²) in [5, 5.41) is 58.0. The van der Waals surface area contributed by atoms with Crippen molar-refractivity contribution in [1.82, 2.24) is 42.5 Å². The van der Waals surface area contributed by atoms with Gasteiger partial charge in [0.05, 0.1) is 31.7 Å². The minimum atomic E-state index is -1.69. The fourth-order valence-corrected chi connectivity index (χ4v) is 5.55. The highest BCUT2D eigenvalue weighted by Crippen LogP contribution is 2.13. The maximum absolute atomic E-state index is 14.0. The molecule has 344 valence electrons. The van der Waals surface area contributed by atoms with Crippen LogP contribution >= 0.6 is 0 Å². The molecule has 16 N–H and O–H groups in total. The minimum absolute atomic E-state index is 0.0556. The zero-order chi connectivity index (χ0) is 46.4. The molecule has 60 heavy (non-hydrogen) atoms. The van der Waals surface area contributed by atoms with E-state index in [1.54, 1.807) is 41.5 Å². The fourth-order valence-electron chi connectivity index (χ4n) is 5.55. The monoisotopic (exact) mass is 859 g/mol. The number of carboxylic acid groups (broad SMARTS) is 1. The average Bonchev–Trinajstić information content (AvgIpc) is 3.17. The van der Waals surface area contributed by atoms with E-state index in [2.05, 4.69) is 43.8 Å². The van der Waals surface area contributed by atoms with Crippen LogP contribution in [0.5, 0.6) is 0 Å². The topological polar surface area (TPSA) is 366 Å². The summed E-state index contributed by atoms with van der Waals surface area (Å²) in [7, 11) is 0. The first-order valence-corrected chi connectivity index (χ1v) is 20.1. The molecule has 0 rings (SSSR count). The zero-order valence-electron chi connectivity index (χ0n) is 36.0. The van der Waals surface area contributed by atoms with Gasteiger partial charge in [-0.2, -0.15) is 0 Å². The number of carbonyl (C=O) groups is 8. The van der Waals surface area contributed by atoms with Gasteiger partial charge in [0.2, 0.25) is 41.4 Å². The smallest absolute Gasteiger partial charge is 0.328 e. The van der Waals surface area contributed by atoms with Gasteiger partial charge in [0.1, 0.15) is 42.3 Å². The van der Waals surface area contributed by atoms with E-state index >= 15 is 0 Å². The Labute approximate surface area is 351 Å². The lowest BCUT2D eigenvalue weighted by molar-refractivity contribution is -0.143. The molecule has 0 fully saturated rings. The third-order valence-corrected chi connectivity index (χ3v) is 9.44. The summed E-state index contributed by atoms with van der Waals surface area (Å²) in [5.41, 5.74) is 11.6. The van der Waals surface area contributed by atoms with Crippen molar-refractivity contribution < 1.29 is 58.8 Å². The van der Waals surface area contributed by atoms with Crippen molar-refractivity contribution >= 4 is 47.3 Å². The lowest BCUT2D eigenvalue weighted by Gasteiger charge is -2.30. The fraction of sp³-hybridized carbons (Fsp3) is 0.737. The predicted molar refractivity (Wildman–Crippen MR) is 220 cm³/mol. The summed E-state index contributed by atoms with van der Waals surface area (Å²) in [6.07, 6.45) is -0.259. The molecule has 0 saturated carbocycles. The van der Waals surface area contributed by atoms with E-state index in [0.29, 0.717) is 12.8 Å². The maximum atomic E-state index is 14.0. The highest BCUT2D eigenvalue weighted by molar-refractivity contribution is 5.97. The Morgan fingerprint density at radius 1 is 0.633 bits per heavy atom. The molecule has 0 aromatic heterocycles. The number of rotatable bonds is 29. The van der Waals surface area contributed by atoms with Crippen molar-refractivity contribution in [3.05, 3.63) is 12.4 Å². The molecule has 0 radical (unpaired) electrons. The van der Waals surface area contributed by atoms with Crippen molar-refractivity contribution in [2.75, 3.05) is 26.3 Å². The quantitative estimate of drug-likeness (QED) is 0.0319. The van der Waals surface area contributed by atoms with Gasteiger partial charge >= 0.3 is 5.97 Å². The van der Waals surface area contributed by atoms with Crippen LogP contribution in [-0.4, -0.2) is 142 Å². The van der Waals surface area contributed by atoms with Crippen LogP contribution in [0.1, 0.15) is 81.1 Å². The van der Waals surface area contributed by atoms with Crippen LogP contribution in [0, 0.1) is 23.7 Å². The lowest BCUT2D eigenvalue weighted by atomic mass is 9.95. The predicted octanol–water partition coefficient (Wildman–Crippen LogP) is -4.03. The number of aliphatic hydroxyl groups is 3. The number of nitrogens with one attached hydrogen (secondary N) is 8. The normalized spacial score (nSPS) is 15.8. The van der Waals surface area contributed by atoms with Gasteiger partial charge in [0.25, 0.3) is 0 Å². The largest absolute Gasteiger partial charge is 0.480 e. The number of aliphatic carboxylic acids is 1. The number of hydrogen-bond donors (Lipinski definition) is 14. The molecule has 0 aliphatic rings. The molecule has 22 heteroatoms. The highest BCUT2D eigenvalue weighted by Gasteiger charge is 2.35. The number of aliphatic hydroxyl groups excluding tert-OH is 3. The number of hydrogen-bond acceptors (Lipinski definition) is 14. The average molecular weight is 859 g/mol. The van der Waals surface area contributed by atoms with Crippen molar-refractivity contribution in [1.29, 1.82) is 0 Å². The highest BCUT2D eigenvalue weighted by atomic mass is 16.4. The first kappa shape index (κ1) is 54.9. The summed E-state index contributed by atoms with van der Waals surface area (Å²) in [6.45, 7) is 15.0. The van der Waals surface area contributed by atoms with Gasteiger partial charge in [-0.1, -0.05) is 68.4 Å². The minimum Gasteiger partial charge on any atom is -0.480 e. The van der Waals surface area contributed by atoms with Crippen molar-refractivity contribution in [2.45, 2.75) is 129 Å². The zero-order valence-corrected chi connectivity index (χ0v) is 36.0. The van der Waals surface area contributed by atoms with Crippen LogP contribution in [-0.2, 0) is 38.4 Å². The molecule has 0 aliphatic carbocycles. The lowest BCUT2D eigenvalue weighted by Crippen LogP contribution is -2.61. The Kier molecular flexibility index (Phi) is 25.3. The van der Waals surface area contributed by atoms with E-state index in [0.717, 1.165) is 0 Å². The van der Waals surface area contributed by atoms with Crippen LogP contribution < -0.4 is 54.0 Å². The second kappa shape index (κ2) is 27.7. The van der Waals surface area contributed by atoms with E-state index in [1.807, 2.05) is 19.2 Å². The third kappa shape index (κ3) is 19.8. The summed E-state index contributed by atoms with van der Waals surface area (Å²) < 4.78 is 0. The summed E-state index contributed by atoms with van der Waals surface area (Å²) >= 11 is 0. The van der Waals surface area contributed by atoms with E-state index in [1.165, 1.54) is 0 Å². The first-order chi connectivity index (χ1) is 27.9. The summed E-state index contributed by atoms with van der Waals surface area (Å²) in [4.78, 5) is 104. The Hall–Kier alpha value is -5.06. The Bertz CT molecular complexity index is 1460. The van der Waals surface area contributed by atoms with Gasteiger partial charge in [-0.15, -0.1) is 0 Å². The van der Waals surface area contributed by atoms with E-state index in [4.69, 9.17) is 21.7 Å². The van der Waals surface area contributed by atoms with Crippen LogP contribution in [0.25, 0.3) is 0 Å². The molecule has 0 aromatic carbocycles. The second-order valence-corrected chi connectivity index (χ2v) is 15.8. The molecule has 9 atom stereocenters. The first-order valence-electron chi connectivity index (χ1n) is 20.1. The van der Waals surface area contributed by atoms with E-state index in [-0.39, 0.29) is 37.0 Å². The molecule has 0 aliphatic heterocycles. The standard InChI is InChI=1S/C38H70N10O12/c1-10-21(8)30(37(58)47-29(19(4)5)36(57)42-15-27(51)43-25(16-49)34(55)46-26(17-50)38(59)60)48-32(53)23(12-11-13-41-22(9)39)44-33(54)24(14-18(2)3)45-35(56)28(40)31(52)20(6)7/h18-21,23-26,28-31,41,49-50,52H,9-17,39-40H2,1-8H3,(H,42,57)(H,43,51)(H,44,54)(H,45,56)(H,46,55)(H,47,58)(H,48,53)(H,59,60)/t21-,23+,24-,25-,26-,28-,29-,30-,31+/m0/s1. The Balaban J connectivity index is 6.16. The van der Waals surface area contributed by atoms with Gasteiger partial charge in [-0.05, 0) is 42.9 Å². The molecular formula is C38H70N10O12. The molecule has 22 nitrogen and oxygen atoms in total. The van der Waals surface area contributed by atoms with Gasteiger partial charge in [0.15, 0.2) is 0 Å². The summed E-state index contributed by atoms with van der Waals surface area (Å²) in [6, 6.07) is -9.45. The SMILES string of the molecule is C=C(N)NCCC[C@@H](NC(=O)[C@H](CC(C)C)NC(=O)[C@@H](N)[C@H](O)C(C)C)C(=O)N[C@H](C(=O)N[C@H](C(=O)NCC(=O)N[C@@H](CO)C(=O)N[C@@H](CO)C(=O)O)C(C)C)[C@@H](C)CC. The molecule has 0 unspecified atom stereocenters. The number of nitrogens with two attached hydrogens (primary N) is 2. The van der Waals surface area contributed by atoms with Gasteiger partial charge in [0, 0.05) is 6.54 Å². The number of carbonyl (C=O) groups excluding carboxylic acids is 7. The van der Waals surface area contributed by atoms with Gasteiger partial charge in [-0.3, -0.25) is 33.6 Å². The van der Waals surface area contributed by atoms with Crippen LogP contribution in [0.4, 0.5) is 0 Å². The Morgan fingerprint density at radius 2 is 1.15 bits per heavy atom. The van der Waals surface area contributed by atoms with Gasteiger partial charge < -0.3 is 74.4 Å². The molecule has 0 aromatic rings. The van der Waals surface area contributed by atoms with Gasteiger partial charge in [-0.25, -0.2) is 4.79 Å². The number of amides is 7. The van der Waals surface area contributed by atoms with Crippen molar-refractivity contribution in [3.63, 3.8) is 0 Å². The van der Waals surface area contributed by atoms with E-state index < -0.39 is 127 Å². The second-order valence-electron chi connectivity index (χ2n) is 15.8. The van der Waals surface area contributed by atoms with E-state index in [9.17, 15) is 48.6 Å². The molecule has 0 heterocycles. The Morgan fingerprint density at radius 3 is 1.63 bits per heavy atom. The van der Waals surface area contributed by atoms with Crippen LogP contribution in [0.2, 0.25) is 0 Å². The van der Waals surface area contributed by atoms with Crippen LogP contribution in [0.3, 0.4) is 0 Å². The van der Waals surface area contributed by atoms with Crippen molar-refractivity contribution in [2.24, 2.45) is 35.1 Å². The van der Waals surface area contributed by atoms with Crippen molar-refractivity contribution in [3.8, 4) is 0 Å². The molecule has 0 saturated heterocycles. The molecular weight excluding hydrogens is 788 g/mol. The molecule has 0 spiro atoms. The molecule has 7 amide bonds. The number of carboxylic acids is 1.